The van der Waals surface area contributed by atoms with Crippen LogP contribution in [-0.4, -0.2) is 23.2 Å². The standard InChI is InChI=1S/C24H18Cl5N3O2.ClH/c1-30-15-2-4-16(5-3-15)31-22(33)18-11-17(6-7-19(18)27)32-23(34)21-20(24(21,28)29)12-8-13(25)10-14(26)9-12;/h2-11,20-21,30H,1H3,(H,31,33)(H,32,34);1H. The van der Waals surface area contributed by atoms with Crippen LogP contribution in [-0.2, 0) is 4.79 Å². The second kappa shape index (κ2) is 11.0. The van der Waals surface area contributed by atoms with E-state index in [0.717, 1.165) is 5.69 Å². The molecule has 1 aliphatic carbocycles. The molecule has 0 aromatic heterocycles. The number of benzene rings is 3. The molecule has 0 bridgehead atoms. The van der Waals surface area contributed by atoms with Crippen molar-refractivity contribution in [1.29, 1.82) is 0 Å². The van der Waals surface area contributed by atoms with E-state index in [4.69, 9.17) is 58.0 Å². The molecule has 4 rings (SSSR count). The molecule has 3 N–H and O–H groups in total. The molecule has 3 aromatic carbocycles. The van der Waals surface area contributed by atoms with Crippen LogP contribution in [0.5, 0.6) is 0 Å². The summed E-state index contributed by atoms with van der Waals surface area (Å²) >= 11 is 31.3. The summed E-state index contributed by atoms with van der Waals surface area (Å²) in [5.74, 6) is -2.03. The molecule has 0 spiro atoms. The van der Waals surface area contributed by atoms with Crippen LogP contribution in [0.15, 0.2) is 60.7 Å². The maximum atomic E-state index is 13.0. The second-order valence-corrected chi connectivity index (χ2v) is 10.5. The summed E-state index contributed by atoms with van der Waals surface area (Å²) in [7, 11) is 1.81. The summed E-state index contributed by atoms with van der Waals surface area (Å²) in [4.78, 5) is 25.8. The molecular weight excluding hydrogens is 575 g/mol. The van der Waals surface area contributed by atoms with Crippen LogP contribution in [0.25, 0.3) is 0 Å². The Morgan fingerprint density at radius 3 is 1.97 bits per heavy atom. The Balaban J connectivity index is 0.00000342. The minimum atomic E-state index is -1.32. The van der Waals surface area contributed by atoms with E-state index in [0.29, 0.717) is 27.0 Å². The lowest BCUT2D eigenvalue weighted by atomic mass is 10.1. The van der Waals surface area contributed by atoms with Gasteiger partial charge in [0.25, 0.3) is 5.91 Å². The van der Waals surface area contributed by atoms with Crippen molar-refractivity contribution in [2.24, 2.45) is 5.92 Å². The fraction of sp³-hybridized carbons (Fsp3) is 0.167. The number of hydrogen-bond donors (Lipinski definition) is 3. The Labute approximate surface area is 233 Å². The molecule has 0 aliphatic heterocycles. The lowest BCUT2D eigenvalue weighted by molar-refractivity contribution is -0.117. The van der Waals surface area contributed by atoms with Crippen molar-refractivity contribution in [3.05, 3.63) is 86.9 Å². The van der Waals surface area contributed by atoms with E-state index in [1.54, 1.807) is 43.4 Å². The van der Waals surface area contributed by atoms with Crippen molar-refractivity contribution >= 4 is 99.3 Å². The highest BCUT2D eigenvalue weighted by molar-refractivity contribution is 6.53. The van der Waals surface area contributed by atoms with Gasteiger partial charge in [-0.15, -0.1) is 35.6 Å². The lowest BCUT2D eigenvalue weighted by Gasteiger charge is -2.11. The van der Waals surface area contributed by atoms with Gasteiger partial charge in [-0.3, -0.25) is 9.59 Å². The van der Waals surface area contributed by atoms with Crippen molar-refractivity contribution < 1.29 is 9.59 Å². The maximum Gasteiger partial charge on any atom is 0.257 e. The Bertz CT molecular complexity index is 1250. The third-order valence-corrected chi connectivity index (χ3v) is 7.20. The second-order valence-electron chi connectivity index (χ2n) is 7.80. The van der Waals surface area contributed by atoms with Crippen molar-refractivity contribution in [3.8, 4) is 0 Å². The van der Waals surface area contributed by atoms with Gasteiger partial charge >= 0.3 is 0 Å². The highest BCUT2D eigenvalue weighted by Crippen LogP contribution is 2.65. The first kappa shape index (κ1) is 27.7. The molecule has 0 saturated heterocycles. The summed E-state index contributed by atoms with van der Waals surface area (Å²) in [5, 5.41) is 9.65. The molecule has 3 aromatic rings. The van der Waals surface area contributed by atoms with Gasteiger partial charge in [-0.25, -0.2) is 0 Å². The SMILES string of the molecule is CNc1ccc(NC(=O)c2cc(NC(=O)C3C(c4cc(Cl)cc(Cl)c4)C3(Cl)Cl)ccc2Cl)cc1.Cl. The van der Waals surface area contributed by atoms with Gasteiger partial charge in [0.1, 0.15) is 4.33 Å². The zero-order chi connectivity index (χ0) is 24.6. The van der Waals surface area contributed by atoms with E-state index in [2.05, 4.69) is 16.0 Å². The number of anilines is 3. The normalized spacial score (nSPS) is 17.7. The van der Waals surface area contributed by atoms with E-state index in [1.807, 2.05) is 12.1 Å². The molecular formula is C24H19Cl6N3O2. The van der Waals surface area contributed by atoms with Crippen molar-refractivity contribution in [2.75, 3.05) is 23.0 Å². The van der Waals surface area contributed by atoms with Crippen LogP contribution >= 0.6 is 70.4 Å². The lowest BCUT2D eigenvalue weighted by Crippen LogP contribution is -2.18. The summed E-state index contributed by atoms with van der Waals surface area (Å²) in [5.41, 5.74) is 2.76. The van der Waals surface area contributed by atoms with E-state index in [1.165, 1.54) is 12.1 Å². The number of rotatable bonds is 6. The quantitative estimate of drug-likeness (QED) is 0.255. The number of alkyl halides is 2. The van der Waals surface area contributed by atoms with E-state index in [9.17, 15) is 9.59 Å². The van der Waals surface area contributed by atoms with Crippen LogP contribution in [0.1, 0.15) is 21.8 Å². The summed E-state index contributed by atoms with van der Waals surface area (Å²) in [6.07, 6.45) is 0. The highest BCUT2D eigenvalue weighted by Gasteiger charge is 2.67. The number of halogens is 6. The summed E-state index contributed by atoms with van der Waals surface area (Å²) in [6, 6.07) is 16.8. The molecule has 1 fully saturated rings. The first-order valence-corrected chi connectivity index (χ1v) is 12.0. The number of hydrogen-bond acceptors (Lipinski definition) is 3. The predicted octanol–water partition coefficient (Wildman–Crippen LogP) is 7.89. The molecule has 5 nitrogen and oxygen atoms in total. The number of nitrogens with one attached hydrogen (secondary N) is 3. The zero-order valence-electron chi connectivity index (χ0n) is 18.0. The largest absolute Gasteiger partial charge is 0.388 e. The predicted molar refractivity (Wildman–Crippen MR) is 148 cm³/mol. The Hall–Kier alpha value is -1.86. The van der Waals surface area contributed by atoms with E-state index < -0.39 is 28.0 Å². The minimum absolute atomic E-state index is 0. The van der Waals surface area contributed by atoms with Crippen LogP contribution in [0, 0.1) is 5.92 Å². The Morgan fingerprint density at radius 1 is 0.800 bits per heavy atom. The smallest absolute Gasteiger partial charge is 0.257 e. The van der Waals surface area contributed by atoms with Gasteiger partial charge in [-0.05, 0) is 66.2 Å². The molecule has 184 valence electrons. The molecule has 35 heavy (non-hydrogen) atoms. The molecule has 0 radical (unpaired) electrons. The average molecular weight is 594 g/mol. The van der Waals surface area contributed by atoms with Crippen LogP contribution in [0.2, 0.25) is 15.1 Å². The van der Waals surface area contributed by atoms with E-state index in [-0.39, 0.29) is 23.0 Å². The average Bonchev–Trinajstić information content (AvgIpc) is 3.37. The molecule has 1 aliphatic rings. The Kier molecular flexibility index (Phi) is 8.74. The fourth-order valence-electron chi connectivity index (χ4n) is 3.74. The van der Waals surface area contributed by atoms with Gasteiger partial charge in [0.15, 0.2) is 0 Å². The van der Waals surface area contributed by atoms with Gasteiger partial charge in [0.05, 0.1) is 16.5 Å². The fourth-order valence-corrected chi connectivity index (χ4v) is 5.31. The van der Waals surface area contributed by atoms with Gasteiger partial charge in [0.2, 0.25) is 5.91 Å². The minimum Gasteiger partial charge on any atom is -0.388 e. The van der Waals surface area contributed by atoms with Gasteiger partial charge in [-0.2, -0.15) is 0 Å². The summed E-state index contributed by atoms with van der Waals surface area (Å²) < 4.78 is -1.32. The van der Waals surface area contributed by atoms with Crippen molar-refractivity contribution in [2.45, 2.75) is 10.3 Å². The molecule has 2 amide bonds. The molecule has 1 saturated carbocycles. The van der Waals surface area contributed by atoms with Crippen LogP contribution < -0.4 is 16.0 Å². The molecule has 2 atom stereocenters. The van der Waals surface area contributed by atoms with Crippen LogP contribution in [0.3, 0.4) is 0 Å². The monoisotopic (exact) mass is 591 g/mol. The number of carbonyl (C=O) groups is 2. The topological polar surface area (TPSA) is 70.2 Å². The molecule has 0 heterocycles. The van der Waals surface area contributed by atoms with Crippen molar-refractivity contribution in [3.63, 3.8) is 0 Å². The molecule has 2 unspecified atom stereocenters. The number of carbonyl (C=O) groups excluding carboxylic acids is 2. The molecule has 11 heteroatoms. The van der Waals surface area contributed by atoms with Crippen molar-refractivity contribution in [1.82, 2.24) is 0 Å². The first-order chi connectivity index (χ1) is 16.1. The van der Waals surface area contributed by atoms with Gasteiger partial charge in [0, 0.05) is 40.1 Å². The highest BCUT2D eigenvalue weighted by atomic mass is 35.5. The van der Waals surface area contributed by atoms with Crippen LogP contribution in [0.4, 0.5) is 17.1 Å². The van der Waals surface area contributed by atoms with Gasteiger partial charge in [-0.1, -0.05) is 34.8 Å². The number of amides is 2. The third kappa shape index (κ3) is 6.11. The maximum absolute atomic E-state index is 13.0. The van der Waals surface area contributed by atoms with Gasteiger partial charge < -0.3 is 16.0 Å². The van der Waals surface area contributed by atoms with E-state index >= 15 is 0 Å². The zero-order valence-corrected chi connectivity index (χ0v) is 22.6. The summed E-state index contributed by atoms with van der Waals surface area (Å²) in [6.45, 7) is 0. The third-order valence-electron chi connectivity index (χ3n) is 5.49. The first-order valence-electron chi connectivity index (χ1n) is 10.1. The Morgan fingerprint density at radius 2 is 1.37 bits per heavy atom.